The second kappa shape index (κ2) is 8.26. The number of ether oxygens (including phenoxy) is 2. The first-order chi connectivity index (χ1) is 12.2. The smallest absolute Gasteiger partial charge is 0.251 e. The number of rotatable bonds is 6. The average molecular weight is 360 g/mol. The van der Waals surface area contributed by atoms with Crippen LogP contribution < -0.4 is 14.8 Å². The Labute approximate surface area is 153 Å². The van der Waals surface area contributed by atoms with Crippen LogP contribution in [0.2, 0.25) is 5.02 Å². The van der Waals surface area contributed by atoms with Crippen molar-refractivity contribution >= 4 is 17.5 Å². The summed E-state index contributed by atoms with van der Waals surface area (Å²) in [7, 11) is 1.59. The quantitative estimate of drug-likeness (QED) is 0.819. The van der Waals surface area contributed by atoms with E-state index >= 15 is 0 Å². The summed E-state index contributed by atoms with van der Waals surface area (Å²) in [5.41, 5.74) is 1.41. The molecule has 1 aliphatic carbocycles. The lowest BCUT2D eigenvalue weighted by Crippen LogP contribution is -2.23. The number of methoxy groups -OCH3 is 1. The van der Waals surface area contributed by atoms with Crippen LogP contribution in [0.1, 0.15) is 41.6 Å². The van der Waals surface area contributed by atoms with Crippen LogP contribution in [0, 0.1) is 0 Å². The van der Waals surface area contributed by atoms with Crippen molar-refractivity contribution in [3.8, 4) is 11.5 Å². The molecule has 4 nitrogen and oxygen atoms in total. The van der Waals surface area contributed by atoms with Gasteiger partial charge in [-0.05, 0) is 55.5 Å². The van der Waals surface area contributed by atoms with E-state index in [4.69, 9.17) is 21.1 Å². The molecule has 0 aromatic heterocycles. The third kappa shape index (κ3) is 4.45. The maximum Gasteiger partial charge on any atom is 0.251 e. The molecule has 0 radical (unpaired) electrons. The largest absolute Gasteiger partial charge is 0.493 e. The minimum atomic E-state index is -0.175. The number of benzene rings is 2. The van der Waals surface area contributed by atoms with Crippen molar-refractivity contribution in [2.24, 2.45) is 0 Å². The van der Waals surface area contributed by atoms with Crippen molar-refractivity contribution in [2.45, 2.75) is 38.3 Å². The summed E-state index contributed by atoms with van der Waals surface area (Å²) < 4.78 is 11.4. The van der Waals surface area contributed by atoms with Gasteiger partial charge in [0.2, 0.25) is 0 Å². The molecule has 3 rings (SSSR count). The molecule has 5 heteroatoms. The topological polar surface area (TPSA) is 47.6 Å². The molecule has 0 spiro atoms. The third-order valence-corrected chi connectivity index (χ3v) is 4.79. The highest BCUT2D eigenvalue weighted by molar-refractivity contribution is 6.31. The van der Waals surface area contributed by atoms with Crippen LogP contribution in [0.25, 0.3) is 0 Å². The maximum atomic E-state index is 12.4. The number of halogens is 1. The van der Waals surface area contributed by atoms with Gasteiger partial charge < -0.3 is 14.8 Å². The third-order valence-electron chi connectivity index (χ3n) is 4.42. The van der Waals surface area contributed by atoms with Gasteiger partial charge in [-0.1, -0.05) is 29.8 Å². The Morgan fingerprint density at radius 1 is 1.16 bits per heavy atom. The van der Waals surface area contributed by atoms with Gasteiger partial charge in [0.15, 0.2) is 11.5 Å². The van der Waals surface area contributed by atoms with Gasteiger partial charge in [0, 0.05) is 17.1 Å². The molecule has 0 unspecified atom stereocenters. The van der Waals surface area contributed by atoms with E-state index in [1.165, 1.54) is 12.8 Å². The molecule has 1 aliphatic rings. The molecule has 25 heavy (non-hydrogen) atoms. The fourth-order valence-corrected chi connectivity index (χ4v) is 3.21. The summed E-state index contributed by atoms with van der Waals surface area (Å²) in [6.45, 7) is 0.376. The first kappa shape index (κ1) is 17.6. The number of hydrogen-bond donors (Lipinski definition) is 1. The van der Waals surface area contributed by atoms with Crippen molar-refractivity contribution in [1.82, 2.24) is 5.32 Å². The Hall–Kier alpha value is -2.20. The fourth-order valence-electron chi connectivity index (χ4n) is 3.01. The molecule has 132 valence electrons. The van der Waals surface area contributed by atoms with Crippen LogP contribution in [0.3, 0.4) is 0 Å². The highest BCUT2D eigenvalue weighted by Gasteiger charge is 2.19. The summed E-state index contributed by atoms with van der Waals surface area (Å²) in [4.78, 5) is 12.4. The van der Waals surface area contributed by atoms with Crippen LogP contribution in [0.15, 0.2) is 42.5 Å². The lowest BCUT2D eigenvalue weighted by atomic mass is 10.1. The zero-order valence-corrected chi connectivity index (χ0v) is 15.0. The van der Waals surface area contributed by atoms with E-state index in [0.717, 1.165) is 18.4 Å². The van der Waals surface area contributed by atoms with Gasteiger partial charge in [0.25, 0.3) is 5.91 Å². The standard InChI is InChI=1S/C20H22ClNO3/c1-24-19-12-14(10-11-18(19)25-16-7-3-4-8-16)20(23)22-13-15-6-2-5-9-17(15)21/h2,5-6,9-12,16H,3-4,7-8,13H2,1H3,(H,22,23). The Bertz CT molecular complexity index is 741. The van der Waals surface area contributed by atoms with E-state index in [-0.39, 0.29) is 12.0 Å². The minimum absolute atomic E-state index is 0.175. The first-order valence-corrected chi connectivity index (χ1v) is 8.91. The van der Waals surface area contributed by atoms with E-state index in [0.29, 0.717) is 28.6 Å². The second-order valence-corrected chi connectivity index (χ2v) is 6.57. The highest BCUT2D eigenvalue weighted by Crippen LogP contribution is 2.32. The summed E-state index contributed by atoms with van der Waals surface area (Å²) in [5, 5.41) is 3.52. The van der Waals surface area contributed by atoms with Crippen LogP contribution in [0.5, 0.6) is 11.5 Å². The molecule has 0 bridgehead atoms. The van der Waals surface area contributed by atoms with Gasteiger partial charge in [0.1, 0.15) is 0 Å². The van der Waals surface area contributed by atoms with Gasteiger partial charge in [-0.3, -0.25) is 4.79 Å². The molecule has 2 aromatic rings. The summed E-state index contributed by atoms with van der Waals surface area (Å²) in [5.74, 6) is 1.10. The number of carbonyl (C=O) groups excluding carboxylic acids is 1. The number of carbonyl (C=O) groups is 1. The second-order valence-electron chi connectivity index (χ2n) is 6.16. The zero-order chi connectivity index (χ0) is 17.6. The van der Waals surface area contributed by atoms with Crippen molar-refractivity contribution in [1.29, 1.82) is 0 Å². The van der Waals surface area contributed by atoms with Crippen LogP contribution in [-0.2, 0) is 6.54 Å². The van der Waals surface area contributed by atoms with Gasteiger partial charge in [-0.25, -0.2) is 0 Å². The normalized spacial score (nSPS) is 14.3. The van der Waals surface area contributed by atoms with E-state index in [9.17, 15) is 4.79 Å². The zero-order valence-electron chi connectivity index (χ0n) is 14.3. The minimum Gasteiger partial charge on any atom is -0.493 e. The molecular weight excluding hydrogens is 338 g/mol. The molecule has 0 saturated heterocycles. The number of nitrogens with one attached hydrogen (secondary N) is 1. The molecular formula is C20H22ClNO3. The van der Waals surface area contributed by atoms with E-state index in [1.54, 1.807) is 25.3 Å². The lowest BCUT2D eigenvalue weighted by molar-refractivity contribution is 0.0950. The van der Waals surface area contributed by atoms with Crippen LogP contribution >= 0.6 is 11.6 Å². The van der Waals surface area contributed by atoms with Crippen LogP contribution in [0.4, 0.5) is 0 Å². The number of amides is 1. The molecule has 0 heterocycles. The first-order valence-electron chi connectivity index (χ1n) is 8.53. The Balaban J connectivity index is 1.67. The van der Waals surface area contributed by atoms with Gasteiger partial charge in [0.05, 0.1) is 13.2 Å². The van der Waals surface area contributed by atoms with Crippen molar-refractivity contribution in [3.63, 3.8) is 0 Å². The Kier molecular flexibility index (Phi) is 5.82. The van der Waals surface area contributed by atoms with Crippen LogP contribution in [-0.4, -0.2) is 19.1 Å². The molecule has 2 aromatic carbocycles. The molecule has 0 aliphatic heterocycles. The summed E-state index contributed by atoms with van der Waals surface area (Å²) in [6.07, 6.45) is 4.80. The highest BCUT2D eigenvalue weighted by atomic mass is 35.5. The van der Waals surface area contributed by atoms with Gasteiger partial charge >= 0.3 is 0 Å². The van der Waals surface area contributed by atoms with Crippen molar-refractivity contribution in [3.05, 3.63) is 58.6 Å². The molecule has 1 saturated carbocycles. The summed E-state index contributed by atoms with van der Waals surface area (Å²) >= 11 is 6.12. The van der Waals surface area contributed by atoms with E-state index < -0.39 is 0 Å². The average Bonchev–Trinajstić information content (AvgIpc) is 3.14. The predicted octanol–water partition coefficient (Wildman–Crippen LogP) is 4.60. The monoisotopic (exact) mass is 359 g/mol. The predicted molar refractivity (Wildman–Crippen MR) is 98.5 cm³/mol. The van der Waals surface area contributed by atoms with Gasteiger partial charge in [-0.15, -0.1) is 0 Å². The SMILES string of the molecule is COc1cc(C(=O)NCc2ccccc2Cl)ccc1OC1CCCC1. The van der Waals surface area contributed by atoms with E-state index in [1.807, 2.05) is 24.3 Å². The lowest BCUT2D eigenvalue weighted by Gasteiger charge is -2.16. The Morgan fingerprint density at radius 2 is 1.92 bits per heavy atom. The van der Waals surface area contributed by atoms with Gasteiger partial charge in [-0.2, -0.15) is 0 Å². The maximum absolute atomic E-state index is 12.4. The number of hydrogen-bond acceptors (Lipinski definition) is 3. The molecule has 0 atom stereocenters. The van der Waals surface area contributed by atoms with E-state index in [2.05, 4.69) is 5.32 Å². The van der Waals surface area contributed by atoms with Crippen molar-refractivity contribution in [2.75, 3.05) is 7.11 Å². The summed E-state index contributed by atoms with van der Waals surface area (Å²) in [6, 6.07) is 12.7. The molecule has 1 amide bonds. The molecule has 1 N–H and O–H groups in total. The fraction of sp³-hybridized carbons (Fsp3) is 0.350. The van der Waals surface area contributed by atoms with Crippen molar-refractivity contribution < 1.29 is 14.3 Å². The Morgan fingerprint density at radius 3 is 2.64 bits per heavy atom. The molecule has 1 fully saturated rings.